The normalized spacial score (nSPS) is 16.6. The Bertz CT molecular complexity index is 789. The Labute approximate surface area is 135 Å². The van der Waals surface area contributed by atoms with Crippen molar-refractivity contribution in [2.75, 3.05) is 4.90 Å². The molecule has 3 rings (SSSR count). The second-order valence-electron chi connectivity index (χ2n) is 4.56. The third kappa shape index (κ3) is 2.77. The van der Waals surface area contributed by atoms with Crippen LogP contribution in [0.4, 0.5) is 10.1 Å². The van der Waals surface area contributed by atoms with Crippen LogP contribution in [0, 0.1) is 11.2 Å². The van der Waals surface area contributed by atoms with E-state index >= 15 is 0 Å². The summed E-state index contributed by atoms with van der Waals surface area (Å²) in [6, 6.07) is 12.9. The van der Waals surface area contributed by atoms with Gasteiger partial charge in [0.1, 0.15) is 5.82 Å². The van der Waals surface area contributed by atoms with Crippen molar-refractivity contribution in [3.63, 3.8) is 0 Å². The van der Waals surface area contributed by atoms with Crippen molar-refractivity contribution in [3.05, 3.63) is 69.8 Å². The second-order valence-corrected chi connectivity index (χ2v) is 6.03. The van der Waals surface area contributed by atoms with E-state index in [1.165, 1.54) is 12.1 Å². The molecule has 1 fully saturated rings. The van der Waals surface area contributed by atoms with Crippen molar-refractivity contribution >= 4 is 46.2 Å². The topological polar surface area (TPSA) is 44.2 Å². The Morgan fingerprint density at radius 3 is 2.50 bits per heavy atom. The van der Waals surface area contributed by atoms with Gasteiger partial charge in [-0.3, -0.25) is 15.1 Å². The number of nitrogens with zero attached hydrogens (tertiary/aromatic N) is 1. The average Bonchev–Trinajstić information content (AvgIpc) is 2.77. The predicted octanol–water partition coefficient (Wildman–Crippen LogP) is 4.53. The fourth-order valence-electron chi connectivity index (χ4n) is 2.05. The van der Waals surface area contributed by atoms with Gasteiger partial charge in [0, 0.05) is 5.02 Å². The molecule has 110 valence electrons. The van der Waals surface area contributed by atoms with E-state index in [0.29, 0.717) is 9.93 Å². The predicted molar refractivity (Wildman–Crippen MR) is 88.6 cm³/mol. The first-order chi connectivity index (χ1) is 10.6. The second kappa shape index (κ2) is 5.94. The van der Waals surface area contributed by atoms with E-state index in [1.807, 2.05) is 0 Å². The summed E-state index contributed by atoms with van der Waals surface area (Å²) < 4.78 is 13.9. The Morgan fingerprint density at radius 1 is 1.14 bits per heavy atom. The largest absolute Gasteiger partial charge is 0.278 e. The van der Waals surface area contributed by atoms with Gasteiger partial charge in [0.05, 0.1) is 10.6 Å². The maximum Gasteiger partial charge on any atom is 0.271 e. The van der Waals surface area contributed by atoms with E-state index in [9.17, 15) is 9.18 Å². The highest BCUT2D eigenvalue weighted by Gasteiger charge is 2.34. The molecule has 0 bridgehead atoms. The SMILES string of the molecule is N=C1SC(=Cc2ccc(Cl)cc2)C(=O)N1c1ccccc1F. The van der Waals surface area contributed by atoms with Gasteiger partial charge in [-0.05, 0) is 47.7 Å². The molecule has 0 aromatic heterocycles. The van der Waals surface area contributed by atoms with Crippen LogP contribution < -0.4 is 4.90 Å². The van der Waals surface area contributed by atoms with Crippen molar-refractivity contribution in [1.29, 1.82) is 5.41 Å². The minimum atomic E-state index is -0.533. The zero-order valence-electron chi connectivity index (χ0n) is 11.2. The lowest BCUT2D eigenvalue weighted by Gasteiger charge is -2.14. The van der Waals surface area contributed by atoms with Gasteiger partial charge in [0.15, 0.2) is 5.17 Å². The average molecular weight is 333 g/mol. The van der Waals surface area contributed by atoms with Crippen molar-refractivity contribution in [1.82, 2.24) is 0 Å². The quantitative estimate of drug-likeness (QED) is 0.821. The van der Waals surface area contributed by atoms with Crippen LogP contribution in [-0.4, -0.2) is 11.1 Å². The van der Waals surface area contributed by atoms with Gasteiger partial charge in [-0.2, -0.15) is 0 Å². The molecular weight excluding hydrogens is 323 g/mol. The lowest BCUT2D eigenvalue weighted by molar-refractivity contribution is -0.113. The molecule has 0 spiro atoms. The number of carbonyl (C=O) groups is 1. The van der Waals surface area contributed by atoms with Gasteiger partial charge >= 0.3 is 0 Å². The van der Waals surface area contributed by atoms with Crippen LogP contribution in [0.25, 0.3) is 6.08 Å². The number of thioether (sulfide) groups is 1. The molecule has 0 saturated carbocycles. The molecule has 1 N–H and O–H groups in total. The standard InChI is InChI=1S/C16H10ClFN2OS/c17-11-7-5-10(6-8-11)9-14-15(21)20(16(19)22-14)13-4-2-1-3-12(13)18/h1-9,19H. The molecule has 3 nitrogen and oxygen atoms in total. The summed E-state index contributed by atoms with van der Waals surface area (Å²) in [5, 5.41) is 8.53. The van der Waals surface area contributed by atoms with Gasteiger partial charge in [-0.15, -0.1) is 0 Å². The number of halogens is 2. The van der Waals surface area contributed by atoms with Crippen molar-refractivity contribution in [2.45, 2.75) is 0 Å². The van der Waals surface area contributed by atoms with Gasteiger partial charge in [-0.25, -0.2) is 4.39 Å². The number of carbonyl (C=O) groups excluding carboxylic acids is 1. The van der Waals surface area contributed by atoms with E-state index in [2.05, 4.69) is 0 Å². The van der Waals surface area contributed by atoms with Gasteiger partial charge in [0.25, 0.3) is 5.91 Å². The summed E-state index contributed by atoms with van der Waals surface area (Å²) in [6.07, 6.45) is 1.67. The number of anilines is 1. The van der Waals surface area contributed by atoms with Crippen LogP contribution in [-0.2, 0) is 4.79 Å². The van der Waals surface area contributed by atoms with E-state index in [-0.39, 0.29) is 10.9 Å². The summed E-state index contributed by atoms with van der Waals surface area (Å²) in [4.78, 5) is 13.9. The van der Waals surface area contributed by atoms with Gasteiger partial charge in [-0.1, -0.05) is 35.9 Å². The highest BCUT2D eigenvalue weighted by atomic mass is 35.5. The smallest absolute Gasteiger partial charge is 0.271 e. The summed E-state index contributed by atoms with van der Waals surface area (Å²) in [5.41, 5.74) is 0.882. The van der Waals surface area contributed by atoms with Crippen molar-refractivity contribution < 1.29 is 9.18 Å². The Hall–Kier alpha value is -2.11. The molecule has 0 radical (unpaired) electrons. The molecule has 0 aliphatic carbocycles. The molecule has 22 heavy (non-hydrogen) atoms. The third-order valence-electron chi connectivity index (χ3n) is 3.08. The molecule has 0 atom stereocenters. The molecule has 1 aliphatic heterocycles. The third-order valence-corrected chi connectivity index (χ3v) is 4.23. The molecule has 1 aliphatic rings. The maximum absolute atomic E-state index is 13.9. The zero-order chi connectivity index (χ0) is 15.7. The molecule has 1 amide bonds. The number of hydrogen-bond acceptors (Lipinski definition) is 3. The monoisotopic (exact) mass is 332 g/mol. The summed E-state index contributed by atoms with van der Waals surface area (Å²) in [6.45, 7) is 0. The number of amidine groups is 1. The highest BCUT2D eigenvalue weighted by molar-refractivity contribution is 8.19. The van der Waals surface area contributed by atoms with Gasteiger partial charge < -0.3 is 0 Å². The van der Waals surface area contributed by atoms with Crippen LogP contribution >= 0.6 is 23.4 Å². The van der Waals surface area contributed by atoms with Crippen molar-refractivity contribution in [3.8, 4) is 0 Å². The number of benzene rings is 2. The Morgan fingerprint density at radius 2 is 1.82 bits per heavy atom. The summed E-state index contributed by atoms with van der Waals surface area (Å²) in [7, 11) is 0. The molecular formula is C16H10ClFN2OS. The molecule has 2 aromatic carbocycles. The first kappa shape index (κ1) is 14.8. The molecule has 1 heterocycles. The lowest BCUT2D eigenvalue weighted by atomic mass is 10.2. The molecule has 6 heteroatoms. The van der Waals surface area contributed by atoms with Crippen molar-refractivity contribution in [2.24, 2.45) is 0 Å². The molecule has 2 aromatic rings. The van der Waals surface area contributed by atoms with E-state index in [4.69, 9.17) is 17.0 Å². The van der Waals surface area contributed by atoms with Crippen LogP contribution in [0.3, 0.4) is 0 Å². The number of hydrogen-bond donors (Lipinski definition) is 1. The summed E-state index contributed by atoms with van der Waals surface area (Å²) >= 11 is 6.83. The maximum atomic E-state index is 13.9. The van der Waals surface area contributed by atoms with Crippen LogP contribution in [0.5, 0.6) is 0 Å². The number of amides is 1. The van der Waals surface area contributed by atoms with E-state index in [1.54, 1.807) is 42.5 Å². The minimum Gasteiger partial charge on any atom is -0.278 e. The molecule has 1 saturated heterocycles. The zero-order valence-corrected chi connectivity index (χ0v) is 12.8. The first-order valence-corrected chi connectivity index (χ1v) is 7.58. The van der Waals surface area contributed by atoms with Crippen LogP contribution in [0.1, 0.15) is 5.56 Å². The number of para-hydroxylation sites is 1. The fourth-order valence-corrected chi connectivity index (χ4v) is 3.03. The van der Waals surface area contributed by atoms with Crippen LogP contribution in [0.15, 0.2) is 53.4 Å². The fraction of sp³-hybridized carbons (Fsp3) is 0. The lowest BCUT2D eigenvalue weighted by Crippen LogP contribution is -2.28. The van der Waals surface area contributed by atoms with Crippen LogP contribution in [0.2, 0.25) is 5.02 Å². The summed E-state index contributed by atoms with van der Waals surface area (Å²) in [5.74, 6) is -0.941. The van der Waals surface area contributed by atoms with Gasteiger partial charge in [0.2, 0.25) is 0 Å². The Kier molecular flexibility index (Phi) is 4.00. The Balaban J connectivity index is 1.95. The highest BCUT2D eigenvalue weighted by Crippen LogP contribution is 2.36. The van der Waals surface area contributed by atoms with E-state index in [0.717, 1.165) is 22.2 Å². The van der Waals surface area contributed by atoms with E-state index < -0.39 is 11.7 Å². The molecule has 0 unspecified atom stereocenters. The number of rotatable bonds is 2. The number of nitrogens with one attached hydrogen (secondary N) is 1. The minimum absolute atomic E-state index is 0.0182. The first-order valence-electron chi connectivity index (χ1n) is 6.39.